The lowest BCUT2D eigenvalue weighted by atomic mass is 10.0. The van der Waals surface area contributed by atoms with Crippen molar-refractivity contribution in [1.82, 2.24) is 0 Å². The summed E-state index contributed by atoms with van der Waals surface area (Å²) in [6, 6.07) is 20.7. The number of Topliss-reactive ketones (excluding diaryl/α,β-unsaturated/α-hetero) is 1. The fraction of sp³-hybridized carbons (Fsp3) is 0.143. The summed E-state index contributed by atoms with van der Waals surface area (Å²) in [7, 11) is 0. The summed E-state index contributed by atoms with van der Waals surface area (Å²) in [6.45, 7) is 4.00. The van der Waals surface area contributed by atoms with E-state index >= 15 is 0 Å². The number of carbonyl (C=O) groups is 1. The van der Waals surface area contributed by atoms with Crippen molar-refractivity contribution in [2.75, 3.05) is 0 Å². The molecule has 0 unspecified atom stereocenters. The molecular weight excluding hydrogens is 330 g/mol. The highest BCUT2D eigenvalue weighted by molar-refractivity contribution is 8.00. The van der Waals surface area contributed by atoms with Gasteiger partial charge in [-0.1, -0.05) is 59.7 Å². The number of benzene rings is 2. The van der Waals surface area contributed by atoms with E-state index in [0.717, 1.165) is 21.4 Å². The Kier molecular flexibility index (Phi) is 5.19. The molecule has 1 atom stereocenters. The summed E-state index contributed by atoms with van der Waals surface area (Å²) in [5.74, 6) is -0.00212. The molecule has 3 aromatic rings. The molecule has 25 heavy (non-hydrogen) atoms. The molecule has 0 radical (unpaired) electrons. The number of hydrogen-bond donors (Lipinski definition) is 0. The Balaban J connectivity index is 1.99. The Hall–Kier alpha value is -2.59. The van der Waals surface area contributed by atoms with Crippen LogP contribution in [0.3, 0.4) is 0 Å². The van der Waals surface area contributed by atoms with Crippen LogP contribution in [0, 0.1) is 19.1 Å². The van der Waals surface area contributed by atoms with Gasteiger partial charge in [0.05, 0.1) is 0 Å². The van der Waals surface area contributed by atoms with E-state index in [1.807, 2.05) is 62.4 Å². The second-order valence-electron chi connectivity index (χ2n) is 6.00. The van der Waals surface area contributed by atoms with Crippen molar-refractivity contribution in [2.24, 2.45) is 0 Å². The molecule has 0 saturated carbocycles. The molecule has 0 bridgehead atoms. The molecule has 0 N–H and O–H groups in total. The largest absolute Gasteiger partial charge is 0.618 e. The fourth-order valence-electron chi connectivity index (χ4n) is 2.51. The number of carbonyl (C=O) groups excluding carboxylic acids is 1. The predicted molar refractivity (Wildman–Crippen MR) is 101 cm³/mol. The van der Waals surface area contributed by atoms with Gasteiger partial charge in [0.1, 0.15) is 5.25 Å². The maximum atomic E-state index is 13.1. The molecule has 0 spiro atoms. The number of hydrogen-bond acceptors (Lipinski definition) is 3. The topological polar surface area (TPSA) is 44.0 Å². The highest BCUT2D eigenvalue weighted by Gasteiger charge is 2.26. The number of pyridine rings is 1. The van der Waals surface area contributed by atoms with Gasteiger partial charge in [0.25, 0.3) is 5.03 Å². The maximum Gasteiger partial charge on any atom is 0.252 e. The molecule has 0 aliphatic heterocycles. The summed E-state index contributed by atoms with van der Waals surface area (Å²) in [5, 5.41) is 12.1. The van der Waals surface area contributed by atoms with Crippen LogP contribution < -0.4 is 4.73 Å². The number of aromatic nitrogens is 1. The average molecular weight is 349 g/mol. The third-order valence-corrected chi connectivity index (χ3v) is 5.26. The summed E-state index contributed by atoms with van der Waals surface area (Å²) in [4.78, 5) is 13.1. The van der Waals surface area contributed by atoms with Crippen LogP contribution in [0.4, 0.5) is 0 Å². The van der Waals surface area contributed by atoms with Crippen LogP contribution >= 0.6 is 11.8 Å². The zero-order valence-corrected chi connectivity index (χ0v) is 15.0. The number of aryl methyl sites for hydroxylation is 2. The molecule has 3 nitrogen and oxygen atoms in total. The van der Waals surface area contributed by atoms with E-state index in [2.05, 4.69) is 0 Å². The van der Waals surface area contributed by atoms with Gasteiger partial charge in [-0.3, -0.25) is 4.79 Å². The van der Waals surface area contributed by atoms with E-state index in [9.17, 15) is 10.0 Å². The Bertz CT molecular complexity index is 873. The number of rotatable bonds is 5. The van der Waals surface area contributed by atoms with Gasteiger partial charge in [0, 0.05) is 17.7 Å². The summed E-state index contributed by atoms with van der Waals surface area (Å²) in [5.41, 5.74) is 3.78. The Morgan fingerprint density at radius 2 is 1.52 bits per heavy atom. The van der Waals surface area contributed by atoms with Gasteiger partial charge in [-0.2, -0.15) is 4.73 Å². The molecule has 0 aliphatic carbocycles. The first-order valence-corrected chi connectivity index (χ1v) is 8.95. The van der Waals surface area contributed by atoms with Gasteiger partial charge in [-0.05, 0) is 37.2 Å². The first kappa shape index (κ1) is 17.2. The molecule has 1 heterocycles. The smallest absolute Gasteiger partial charge is 0.252 e. The minimum absolute atomic E-state index is 0.00212. The quantitative estimate of drug-likeness (QED) is 0.291. The second kappa shape index (κ2) is 7.53. The van der Waals surface area contributed by atoms with Crippen molar-refractivity contribution in [2.45, 2.75) is 24.1 Å². The van der Waals surface area contributed by atoms with Gasteiger partial charge < -0.3 is 5.21 Å². The zero-order valence-electron chi connectivity index (χ0n) is 14.2. The zero-order chi connectivity index (χ0) is 17.8. The highest BCUT2D eigenvalue weighted by atomic mass is 32.2. The first-order chi connectivity index (χ1) is 12.0. The van der Waals surface area contributed by atoms with Gasteiger partial charge in [-0.25, -0.2) is 0 Å². The lowest BCUT2D eigenvalue weighted by Gasteiger charge is -2.16. The maximum absolute atomic E-state index is 13.1. The van der Waals surface area contributed by atoms with E-state index < -0.39 is 5.25 Å². The SMILES string of the molecule is Cc1ccc(C(=O)[C@@H](Sc2cccc[n+]2[O-])c2ccc(C)cc2)cc1. The van der Waals surface area contributed by atoms with E-state index in [-0.39, 0.29) is 5.78 Å². The van der Waals surface area contributed by atoms with E-state index in [1.165, 1.54) is 18.0 Å². The molecule has 0 aliphatic rings. The van der Waals surface area contributed by atoms with E-state index in [0.29, 0.717) is 10.6 Å². The van der Waals surface area contributed by atoms with Crippen molar-refractivity contribution < 1.29 is 9.52 Å². The molecule has 0 fully saturated rings. The second-order valence-corrected chi connectivity index (χ2v) is 7.13. The molecule has 3 rings (SSSR count). The van der Waals surface area contributed by atoms with Gasteiger partial charge in [0.2, 0.25) is 0 Å². The molecule has 0 amide bonds. The average Bonchev–Trinajstić information content (AvgIpc) is 2.62. The molecular formula is C21H19NO2S. The van der Waals surface area contributed by atoms with Gasteiger partial charge in [0.15, 0.2) is 12.0 Å². The predicted octanol–water partition coefficient (Wildman–Crippen LogP) is 4.65. The van der Waals surface area contributed by atoms with Crippen LogP contribution in [0.5, 0.6) is 0 Å². The lowest BCUT2D eigenvalue weighted by molar-refractivity contribution is -0.645. The minimum atomic E-state index is -0.467. The molecule has 2 aromatic carbocycles. The van der Waals surface area contributed by atoms with Crippen LogP contribution in [0.25, 0.3) is 0 Å². The lowest BCUT2D eigenvalue weighted by Crippen LogP contribution is -2.28. The Labute approximate surface area is 151 Å². The van der Waals surface area contributed by atoms with Crippen molar-refractivity contribution in [3.63, 3.8) is 0 Å². The van der Waals surface area contributed by atoms with Crippen LogP contribution in [0.2, 0.25) is 0 Å². The standard InChI is InChI=1S/C21H19NO2S/c1-15-6-10-17(11-7-15)20(23)21(18-12-8-16(2)9-13-18)25-19-5-3-4-14-22(19)24/h3-14,21H,1-2H3/t21-/m0/s1. The number of nitrogens with zero attached hydrogens (tertiary/aromatic N) is 1. The van der Waals surface area contributed by atoms with Crippen molar-refractivity contribution >= 4 is 17.5 Å². The van der Waals surface area contributed by atoms with Crippen LogP contribution in [-0.4, -0.2) is 5.78 Å². The van der Waals surface area contributed by atoms with E-state index in [1.54, 1.807) is 18.2 Å². The molecule has 1 aromatic heterocycles. The van der Waals surface area contributed by atoms with Crippen molar-refractivity contribution in [1.29, 1.82) is 0 Å². The molecule has 126 valence electrons. The number of thioether (sulfide) groups is 1. The molecule has 0 saturated heterocycles. The van der Waals surface area contributed by atoms with Crippen LogP contribution in [0.1, 0.15) is 32.3 Å². The van der Waals surface area contributed by atoms with Crippen LogP contribution in [0.15, 0.2) is 78.0 Å². The summed E-state index contributed by atoms with van der Waals surface area (Å²) < 4.78 is 0.800. The fourth-order valence-corrected chi connectivity index (χ4v) is 3.61. The number of ketones is 1. The van der Waals surface area contributed by atoms with Crippen molar-refractivity contribution in [3.8, 4) is 0 Å². The normalized spacial score (nSPS) is 11.9. The Morgan fingerprint density at radius 3 is 2.12 bits per heavy atom. The van der Waals surface area contributed by atoms with Gasteiger partial charge in [-0.15, -0.1) is 0 Å². The van der Waals surface area contributed by atoms with E-state index in [4.69, 9.17) is 0 Å². The third-order valence-electron chi connectivity index (χ3n) is 3.98. The third kappa shape index (κ3) is 4.09. The van der Waals surface area contributed by atoms with Crippen molar-refractivity contribution in [3.05, 3.63) is 100 Å². The summed E-state index contributed by atoms with van der Waals surface area (Å²) >= 11 is 1.28. The minimum Gasteiger partial charge on any atom is -0.618 e. The van der Waals surface area contributed by atoms with Crippen LogP contribution in [-0.2, 0) is 0 Å². The first-order valence-electron chi connectivity index (χ1n) is 8.07. The molecule has 4 heteroatoms. The monoisotopic (exact) mass is 349 g/mol. The van der Waals surface area contributed by atoms with Gasteiger partial charge >= 0.3 is 0 Å². The summed E-state index contributed by atoms with van der Waals surface area (Å²) in [6.07, 6.45) is 1.45. The highest BCUT2D eigenvalue weighted by Crippen LogP contribution is 2.36. The Morgan fingerprint density at radius 1 is 0.920 bits per heavy atom.